The molecule has 1 heterocycles. The number of rotatable bonds is 3. The molecule has 0 radical (unpaired) electrons. The Kier molecular flexibility index (Phi) is 3.48. The number of hydrogen-bond donors (Lipinski definition) is 1. The minimum Gasteiger partial charge on any atom is -0.368 e. The first-order valence-corrected chi connectivity index (χ1v) is 6.06. The molecule has 2 aromatic rings. The molecule has 2 N–H and O–H groups in total. The van der Waals surface area contributed by atoms with Gasteiger partial charge in [-0.05, 0) is 17.7 Å². The number of nitrogen functional groups attached to an aromatic ring is 1. The van der Waals surface area contributed by atoms with E-state index < -0.39 is 5.82 Å². The molecular formula is C11H10FN5S. The molecule has 0 fully saturated rings. The highest BCUT2D eigenvalue weighted by Gasteiger charge is 2.09. The van der Waals surface area contributed by atoms with Crippen LogP contribution in [0.5, 0.6) is 0 Å². The third kappa shape index (κ3) is 2.43. The van der Waals surface area contributed by atoms with E-state index in [1.807, 2.05) is 6.07 Å². The normalized spacial score (nSPS) is 10.3. The Balaban J connectivity index is 2.16. The van der Waals surface area contributed by atoms with Crippen LogP contribution in [0.15, 0.2) is 23.4 Å². The summed E-state index contributed by atoms with van der Waals surface area (Å²) in [4.78, 5) is 0. The van der Waals surface area contributed by atoms with Crippen molar-refractivity contribution in [3.63, 3.8) is 0 Å². The summed E-state index contributed by atoms with van der Waals surface area (Å²) in [7, 11) is 1.76. The number of aromatic nitrogens is 3. The van der Waals surface area contributed by atoms with Crippen molar-refractivity contribution in [2.24, 2.45) is 7.05 Å². The Bertz CT molecular complexity index is 616. The van der Waals surface area contributed by atoms with Crippen molar-refractivity contribution >= 4 is 17.7 Å². The number of nitriles is 1. The summed E-state index contributed by atoms with van der Waals surface area (Å²) in [5.74, 6) is 0.426. The minimum absolute atomic E-state index is 0.331. The lowest BCUT2D eigenvalue weighted by Gasteiger charge is -2.03. The van der Waals surface area contributed by atoms with Crippen LogP contribution in [0.2, 0.25) is 0 Å². The maximum absolute atomic E-state index is 13.0. The molecule has 0 atom stereocenters. The summed E-state index contributed by atoms with van der Waals surface area (Å²) in [5.41, 5.74) is 6.65. The Morgan fingerprint density at radius 1 is 1.50 bits per heavy atom. The second kappa shape index (κ2) is 5.06. The third-order valence-corrected chi connectivity index (χ3v) is 3.49. The average molecular weight is 263 g/mol. The maximum atomic E-state index is 13.0. The quantitative estimate of drug-likeness (QED) is 0.852. The molecule has 0 unspecified atom stereocenters. The second-order valence-electron chi connectivity index (χ2n) is 3.60. The largest absolute Gasteiger partial charge is 0.368 e. The van der Waals surface area contributed by atoms with Crippen LogP contribution in [-0.2, 0) is 12.8 Å². The van der Waals surface area contributed by atoms with Gasteiger partial charge in [-0.1, -0.05) is 17.8 Å². The van der Waals surface area contributed by atoms with E-state index in [4.69, 9.17) is 11.0 Å². The van der Waals surface area contributed by atoms with E-state index in [0.717, 1.165) is 5.56 Å². The van der Waals surface area contributed by atoms with E-state index >= 15 is 0 Å². The van der Waals surface area contributed by atoms with E-state index in [0.29, 0.717) is 22.4 Å². The van der Waals surface area contributed by atoms with E-state index in [1.165, 1.54) is 23.9 Å². The Morgan fingerprint density at radius 3 is 2.89 bits per heavy atom. The monoisotopic (exact) mass is 263 g/mol. The Morgan fingerprint density at radius 2 is 2.28 bits per heavy atom. The molecule has 0 aliphatic rings. The molecule has 0 bridgehead atoms. The fourth-order valence-corrected chi connectivity index (χ4v) is 2.29. The predicted octanol–water partition coefficient (Wildman–Crippen LogP) is 1.70. The lowest BCUT2D eigenvalue weighted by atomic mass is 10.1. The molecule has 0 saturated heterocycles. The number of benzene rings is 1. The molecule has 5 nitrogen and oxygen atoms in total. The SMILES string of the molecule is Cn1c(N)nnc1SCc1ccc(F)cc1C#N. The standard InChI is InChI=1S/C11H10FN5S/c1-17-10(14)15-16-11(17)18-6-7-2-3-9(12)4-8(7)5-13/h2-4H,6H2,1H3,(H2,14,15). The van der Waals surface area contributed by atoms with Crippen LogP contribution in [0.1, 0.15) is 11.1 Å². The summed E-state index contributed by atoms with van der Waals surface area (Å²) in [6.07, 6.45) is 0. The number of anilines is 1. The van der Waals surface area contributed by atoms with Crippen molar-refractivity contribution in [2.75, 3.05) is 5.73 Å². The van der Waals surface area contributed by atoms with Gasteiger partial charge in [-0.25, -0.2) is 4.39 Å². The summed E-state index contributed by atoms with van der Waals surface area (Å²) in [6.45, 7) is 0. The molecule has 92 valence electrons. The number of hydrogen-bond acceptors (Lipinski definition) is 5. The van der Waals surface area contributed by atoms with Crippen molar-refractivity contribution in [3.8, 4) is 6.07 Å². The summed E-state index contributed by atoms with van der Waals surface area (Å²) >= 11 is 1.39. The van der Waals surface area contributed by atoms with E-state index in [1.54, 1.807) is 17.7 Å². The molecule has 1 aromatic carbocycles. The molecule has 7 heteroatoms. The van der Waals surface area contributed by atoms with Gasteiger partial charge in [0.25, 0.3) is 0 Å². The van der Waals surface area contributed by atoms with Gasteiger partial charge >= 0.3 is 0 Å². The smallest absolute Gasteiger partial charge is 0.222 e. The fraction of sp³-hybridized carbons (Fsp3) is 0.182. The number of nitrogens with zero attached hydrogens (tertiary/aromatic N) is 4. The zero-order chi connectivity index (χ0) is 13.1. The van der Waals surface area contributed by atoms with Gasteiger partial charge < -0.3 is 5.73 Å². The van der Waals surface area contributed by atoms with Crippen molar-refractivity contribution in [3.05, 3.63) is 35.1 Å². The molecule has 18 heavy (non-hydrogen) atoms. The number of thioether (sulfide) groups is 1. The van der Waals surface area contributed by atoms with Gasteiger partial charge in [-0.15, -0.1) is 10.2 Å². The zero-order valence-corrected chi connectivity index (χ0v) is 10.4. The first-order chi connectivity index (χ1) is 8.61. The number of halogens is 1. The fourth-order valence-electron chi connectivity index (χ4n) is 1.37. The first-order valence-electron chi connectivity index (χ1n) is 5.08. The molecule has 0 aliphatic carbocycles. The predicted molar refractivity (Wildman–Crippen MR) is 66.1 cm³/mol. The van der Waals surface area contributed by atoms with E-state index in [-0.39, 0.29) is 0 Å². The molecule has 0 amide bonds. The highest BCUT2D eigenvalue weighted by Crippen LogP contribution is 2.23. The van der Waals surface area contributed by atoms with Crippen LogP contribution in [0.4, 0.5) is 10.3 Å². The third-order valence-electron chi connectivity index (χ3n) is 2.42. The van der Waals surface area contributed by atoms with Gasteiger partial charge in [-0.3, -0.25) is 4.57 Å². The van der Waals surface area contributed by atoms with Gasteiger partial charge in [0.15, 0.2) is 5.16 Å². The Labute approximate surface area is 107 Å². The van der Waals surface area contributed by atoms with Crippen LogP contribution >= 0.6 is 11.8 Å². The zero-order valence-electron chi connectivity index (χ0n) is 9.59. The average Bonchev–Trinajstić information content (AvgIpc) is 2.68. The van der Waals surface area contributed by atoms with Gasteiger partial charge in [0.1, 0.15) is 5.82 Å². The van der Waals surface area contributed by atoms with Crippen LogP contribution in [0.3, 0.4) is 0 Å². The molecule has 1 aromatic heterocycles. The molecule has 2 rings (SSSR count). The first kappa shape index (κ1) is 12.4. The topological polar surface area (TPSA) is 80.5 Å². The van der Waals surface area contributed by atoms with Crippen molar-refractivity contribution in [1.29, 1.82) is 5.26 Å². The van der Waals surface area contributed by atoms with Crippen LogP contribution in [0.25, 0.3) is 0 Å². The molecule has 0 spiro atoms. The van der Waals surface area contributed by atoms with Crippen molar-refractivity contribution < 1.29 is 4.39 Å². The van der Waals surface area contributed by atoms with E-state index in [9.17, 15) is 4.39 Å². The molecular weight excluding hydrogens is 253 g/mol. The van der Waals surface area contributed by atoms with Crippen LogP contribution < -0.4 is 5.73 Å². The minimum atomic E-state index is -0.414. The Hall–Kier alpha value is -2.07. The number of nitrogens with two attached hydrogens (primary N) is 1. The van der Waals surface area contributed by atoms with E-state index in [2.05, 4.69) is 10.2 Å². The van der Waals surface area contributed by atoms with Gasteiger partial charge in [0.2, 0.25) is 5.95 Å². The van der Waals surface area contributed by atoms with Crippen molar-refractivity contribution in [2.45, 2.75) is 10.9 Å². The van der Waals surface area contributed by atoms with Crippen LogP contribution in [0, 0.1) is 17.1 Å². The van der Waals surface area contributed by atoms with Crippen molar-refractivity contribution in [1.82, 2.24) is 14.8 Å². The lowest BCUT2D eigenvalue weighted by molar-refractivity contribution is 0.627. The molecule has 0 aliphatic heterocycles. The summed E-state index contributed by atoms with van der Waals surface area (Å²) in [5, 5.41) is 17.2. The van der Waals surface area contributed by atoms with Gasteiger partial charge in [-0.2, -0.15) is 5.26 Å². The lowest BCUT2D eigenvalue weighted by Crippen LogP contribution is -1.98. The highest BCUT2D eigenvalue weighted by molar-refractivity contribution is 7.98. The summed E-state index contributed by atoms with van der Waals surface area (Å²) < 4.78 is 14.6. The van der Waals surface area contributed by atoms with Gasteiger partial charge in [0, 0.05) is 12.8 Å². The summed E-state index contributed by atoms with van der Waals surface area (Å²) in [6, 6.07) is 6.13. The maximum Gasteiger partial charge on any atom is 0.222 e. The highest BCUT2D eigenvalue weighted by atomic mass is 32.2. The van der Waals surface area contributed by atoms with Gasteiger partial charge in [0.05, 0.1) is 11.6 Å². The van der Waals surface area contributed by atoms with Crippen LogP contribution in [-0.4, -0.2) is 14.8 Å². The second-order valence-corrected chi connectivity index (χ2v) is 4.54. The molecule has 0 saturated carbocycles.